The number of sulfonamides is 1. The van der Waals surface area contributed by atoms with Crippen molar-refractivity contribution in [2.45, 2.75) is 17.9 Å². The summed E-state index contributed by atoms with van der Waals surface area (Å²) in [5, 5.41) is 17.0. The molecule has 0 saturated carbocycles. The van der Waals surface area contributed by atoms with E-state index in [1.54, 1.807) is 35.7 Å². The van der Waals surface area contributed by atoms with Crippen molar-refractivity contribution >= 4 is 33.2 Å². The lowest BCUT2D eigenvalue weighted by Gasteiger charge is -2.13. The Labute approximate surface area is 148 Å². The highest BCUT2D eigenvalue weighted by Crippen LogP contribution is 2.22. The predicted molar refractivity (Wildman–Crippen MR) is 90.1 cm³/mol. The average molecular weight is 381 g/mol. The van der Waals surface area contributed by atoms with Crippen molar-refractivity contribution in [3.05, 3.63) is 59.0 Å². The van der Waals surface area contributed by atoms with Crippen molar-refractivity contribution in [1.82, 2.24) is 19.3 Å². The monoisotopic (exact) mass is 380 g/mol. The summed E-state index contributed by atoms with van der Waals surface area (Å²) in [6.07, 6.45) is 1.72. The van der Waals surface area contributed by atoms with Gasteiger partial charge in [0.25, 0.3) is 0 Å². The van der Waals surface area contributed by atoms with Gasteiger partial charge >= 0.3 is 5.97 Å². The summed E-state index contributed by atoms with van der Waals surface area (Å²) in [6, 6.07) is 8.12. The molecule has 0 aliphatic heterocycles. The van der Waals surface area contributed by atoms with Gasteiger partial charge in [0.15, 0.2) is 11.5 Å². The zero-order chi connectivity index (χ0) is 18.2. The van der Waals surface area contributed by atoms with Gasteiger partial charge in [-0.15, -0.1) is 10.2 Å². The van der Waals surface area contributed by atoms with E-state index in [1.807, 2.05) is 0 Å². The fourth-order valence-corrected chi connectivity index (χ4v) is 3.77. The summed E-state index contributed by atoms with van der Waals surface area (Å²) in [4.78, 5) is 10.9. The van der Waals surface area contributed by atoms with Crippen LogP contribution in [0.1, 0.15) is 29.1 Å². The number of hydrogen-bond acceptors (Lipinski definition) is 5. The van der Waals surface area contributed by atoms with Gasteiger partial charge in [0.05, 0.1) is 21.5 Å². The van der Waals surface area contributed by atoms with Crippen LogP contribution < -0.4 is 4.72 Å². The van der Waals surface area contributed by atoms with Gasteiger partial charge in [0.1, 0.15) is 0 Å². The Bertz CT molecular complexity index is 1060. The number of nitrogens with one attached hydrogen (secondary N) is 1. The lowest BCUT2D eigenvalue weighted by molar-refractivity contribution is 0.0697. The van der Waals surface area contributed by atoms with Crippen LogP contribution in [0.15, 0.2) is 47.5 Å². The van der Waals surface area contributed by atoms with E-state index < -0.39 is 22.0 Å². The molecule has 0 bridgehead atoms. The second kappa shape index (κ2) is 6.43. The van der Waals surface area contributed by atoms with Crippen LogP contribution in [0.2, 0.25) is 5.02 Å². The molecule has 3 rings (SSSR count). The van der Waals surface area contributed by atoms with Gasteiger partial charge < -0.3 is 5.11 Å². The number of benzene rings is 1. The largest absolute Gasteiger partial charge is 0.478 e. The molecule has 0 saturated heterocycles. The molecular weight excluding hydrogens is 368 g/mol. The van der Waals surface area contributed by atoms with E-state index in [-0.39, 0.29) is 15.5 Å². The third kappa shape index (κ3) is 3.34. The van der Waals surface area contributed by atoms with Crippen LogP contribution in [0.3, 0.4) is 0 Å². The fourth-order valence-electron chi connectivity index (χ4n) is 2.34. The van der Waals surface area contributed by atoms with Gasteiger partial charge in [-0.3, -0.25) is 4.40 Å². The number of carboxylic acid groups (broad SMARTS) is 1. The molecule has 130 valence electrons. The standard InChI is InChI=1S/C15H13ClN4O4S/c1-9(14-18-17-13-4-2-3-7-20(13)14)19-25(23,24)10-5-6-12(16)11(8-10)15(21)22/h2-9,19H,1H3,(H,21,22)/t9-/m0/s1. The topological polar surface area (TPSA) is 114 Å². The maximum atomic E-state index is 12.6. The van der Waals surface area contributed by atoms with Gasteiger partial charge in [-0.25, -0.2) is 17.9 Å². The number of hydrogen-bond donors (Lipinski definition) is 2. The molecule has 25 heavy (non-hydrogen) atoms. The summed E-state index contributed by atoms with van der Waals surface area (Å²) in [6.45, 7) is 1.62. The van der Waals surface area contributed by atoms with Crippen LogP contribution in [-0.2, 0) is 10.0 Å². The van der Waals surface area contributed by atoms with Crippen molar-refractivity contribution in [3.8, 4) is 0 Å². The lowest BCUT2D eigenvalue weighted by Crippen LogP contribution is -2.28. The minimum Gasteiger partial charge on any atom is -0.478 e. The van der Waals surface area contributed by atoms with Crippen LogP contribution in [0.4, 0.5) is 0 Å². The Hall–Kier alpha value is -2.49. The Kier molecular flexibility index (Phi) is 4.46. The van der Waals surface area contributed by atoms with Gasteiger partial charge in [0, 0.05) is 6.20 Å². The first-order valence-corrected chi connectivity index (χ1v) is 9.00. The SMILES string of the molecule is C[C@H](NS(=O)(=O)c1ccc(Cl)c(C(=O)O)c1)c1nnc2ccccn12. The second-order valence-corrected chi connectivity index (χ2v) is 7.40. The fraction of sp³-hybridized carbons (Fsp3) is 0.133. The van der Waals surface area contributed by atoms with Crippen LogP contribution in [-0.4, -0.2) is 34.1 Å². The van der Waals surface area contributed by atoms with Crippen molar-refractivity contribution in [1.29, 1.82) is 0 Å². The molecule has 0 aliphatic carbocycles. The molecule has 0 radical (unpaired) electrons. The number of nitrogens with zero attached hydrogens (tertiary/aromatic N) is 3. The van der Waals surface area contributed by atoms with Crippen LogP contribution in [0, 0.1) is 0 Å². The number of pyridine rings is 1. The number of aromatic nitrogens is 3. The maximum Gasteiger partial charge on any atom is 0.337 e. The first-order valence-electron chi connectivity index (χ1n) is 7.14. The van der Waals surface area contributed by atoms with Gasteiger partial charge in [0.2, 0.25) is 10.0 Å². The Morgan fingerprint density at radius 3 is 2.76 bits per heavy atom. The molecule has 2 heterocycles. The van der Waals surface area contributed by atoms with Crippen molar-refractivity contribution < 1.29 is 18.3 Å². The molecule has 10 heteroatoms. The first kappa shape index (κ1) is 17.3. The summed E-state index contributed by atoms with van der Waals surface area (Å²) in [7, 11) is -3.98. The van der Waals surface area contributed by atoms with Crippen molar-refractivity contribution in [2.24, 2.45) is 0 Å². The number of rotatable bonds is 5. The van der Waals surface area contributed by atoms with Gasteiger partial charge in [-0.1, -0.05) is 17.7 Å². The minimum atomic E-state index is -3.98. The predicted octanol–water partition coefficient (Wildman–Crippen LogP) is 2.12. The number of carboxylic acids is 1. The van der Waals surface area contributed by atoms with E-state index in [9.17, 15) is 13.2 Å². The number of aromatic carboxylic acids is 1. The smallest absolute Gasteiger partial charge is 0.337 e. The first-order chi connectivity index (χ1) is 11.8. The zero-order valence-electron chi connectivity index (χ0n) is 12.9. The van der Waals surface area contributed by atoms with Crippen molar-refractivity contribution in [3.63, 3.8) is 0 Å². The molecule has 0 fully saturated rings. The molecule has 0 spiro atoms. The molecule has 1 aromatic carbocycles. The third-order valence-corrected chi connectivity index (χ3v) is 5.41. The maximum absolute atomic E-state index is 12.6. The Balaban J connectivity index is 1.93. The molecule has 0 amide bonds. The summed E-state index contributed by atoms with van der Waals surface area (Å²) < 4.78 is 29.2. The molecule has 8 nitrogen and oxygen atoms in total. The highest BCUT2D eigenvalue weighted by atomic mass is 35.5. The lowest BCUT2D eigenvalue weighted by atomic mass is 10.2. The summed E-state index contributed by atoms with van der Waals surface area (Å²) in [5.74, 6) is -0.898. The third-order valence-electron chi connectivity index (χ3n) is 3.54. The zero-order valence-corrected chi connectivity index (χ0v) is 14.5. The van der Waals surface area contributed by atoms with Crippen LogP contribution in [0.5, 0.6) is 0 Å². The molecule has 2 N–H and O–H groups in total. The van der Waals surface area contributed by atoms with Gasteiger partial charge in [-0.05, 0) is 37.3 Å². The van der Waals surface area contributed by atoms with E-state index >= 15 is 0 Å². The van der Waals surface area contributed by atoms with Crippen LogP contribution in [0.25, 0.3) is 5.65 Å². The molecule has 0 aliphatic rings. The normalized spacial score (nSPS) is 13.0. The highest BCUT2D eigenvalue weighted by Gasteiger charge is 2.23. The number of carbonyl (C=O) groups is 1. The highest BCUT2D eigenvalue weighted by molar-refractivity contribution is 7.89. The second-order valence-electron chi connectivity index (χ2n) is 5.28. The number of halogens is 1. The molecular formula is C15H13ClN4O4S. The minimum absolute atomic E-state index is 0.0389. The quantitative estimate of drug-likeness (QED) is 0.700. The Morgan fingerprint density at radius 1 is 1.28 bits per heavy atom. The van der Waals surface area contributed by atoms with E-state index in [0.717, 1.165) is 6.07 Å². The summed E-state index contributed by atoms with van der Waals surface area (Å²) in [5.41, 5.74) is 0.299. The average Bonchev–Trinajstić information content (AvgIpc) is 2.98. The van der Waals surface area contributed by atoms with E-state index in [1.165, 1.54) is 12.1 Å². The van der Waals surface area contributed by atoms with Crippen molar-refractivity contribution in [2.75, 3.05) is 0 Å². The van der Waals surface area contributed by atoms with E-state index in [2.05, 4.69) is 14.9 Å². The summed E-state index contributed by atoms with van der Waals surface area (Å²) >= 11 is 5.78. The Morgan fingerprint density at radius 2 is 2.04 bits per heavy atom. The molecule has 3 aromatic rings. The van der Waals surface area contributed by atoms with E-state index in [0.29, 0.717) is 11.5 Å². The number of fused-ring (bicyclic) bond motifs is 1. The molecule has 1 atom stereocenters. The van der Waals surface area contributed by atoms with Crippen LogP contribution >= 0.6 is 11.6 Å². The van der Waals surface area contributed by atoms with Gasteiger partial charge in [-0.2, -0.15) is 0 Å². The molecule has 0 unspecified atom stereocenters. The van der Waals surface area contributed by atoms with E-state index in [4.69, 9.17) is 16.7 Å². The molecule has 2 aromatic heterocycles.